The van der Waals surface area contributed by atoms with Crippen molar-refractivity contribution in [1.82, 2.24) is 4.90 Å². The van der Waals surface area contributed by atoms with Gasteiger partial charge in [0.25, 0.3) is 0 Å². The molecule has 17 heavy (non-hydrogen) atoms. The molecule has 0 fully saturated rings. The van der Waals surface area contributed by atoms with Crippen LogP contribution in [0.5, 0.6) is 0 Å². The Labute approximate surface area is 114 Å². The van der Waals surface area contributed by atoms with Crippen LogP contribution >= 0.6 is 15.9 Å². The Morgan fingerprint density at radius 1 is 1.35 bits per heavy atom. The Morgan fingerprint density at radius 3 is 2.53 bits per heavy atom. The van der Waals surface area contributed by atoms with Gasteiger partial charge in [-0.05, 0) is 31.0 Å². The van der Waals surface area contributed by atoms with Gasteiger partial charge in [-0.25, -0.2) is 0 Å². The lowest BCUT2D eigenvalue weighted by atomic mass is 10.1. The van der Waals surface area contributed by atoms with E-state index in [2.05, 4.69) is 65.5 Å². The van der Waals surface area contributed by atoms with Crippen LogP contribution in [0, 0.1) is 0 Å². The fourth-order valence-electron chi connectivity index (χ4n) is 1.99. The van der Waals surface area contributed by atoms with E-state index in [1.165, 1.54) is 18.4 Å². The summed E-state index contributed by atoms with van der Waals surface area (Å²) in [5, 5.41) is 0. The minimum atomic E-state index is 0.613. The molecule has 94 valence electrons. The summed E-state index contributed by atoms with van der Waals surface area (Å²) in [6.07, 6.45) is 4.46. The van der Waals surface area contributed by atoms with Crippen molar-refractivity contribution in [3.05, 3.63) is 47.0 Å². The second-order valence-corrected chi connectivity index (χ2v) is 5.40. The van der Waals surface area contributed by atoms with E-state index < -0.39 is 0 Å². The molecule has 1 atom stereocenters. The summed E-state index contributed by atoms with van der Waals surface area (Å²) in [6, 6.07) is 9.18. The summed E-state index contributed by atoms with van der Waals surface area (Å²) in [5.74, 6) is 0. The molecule has 0 aliphatic heterocycles. The van der Waals surface area contributed by atoms with Gasteiger partial charge in [0, 0.05) is 23.6 Å². The predicted molar refractivity (Wildman–Crippen MR) is 79.1 cm³/mol. The zero-order valence-corrected chi connectivity index (χ0v) is 12.4. The largest absolute Gasteiger partial charge is 0.293 e. The number of benzene rings is 1. The molecule has 1 rings (SSSR count). The van der Waals surface area contributed by atoms with Crippen LogP contribution in [0.3, 0.4) is 0 Å². The van der Waals surface area contributed by atoms with Crippen LogP contribution in [0.25, 0.3) is 0 Å². The number of nitrogens with zero attached hydrogens (tertiary/aromatic N) is 1. The van der Waals surface area contributed by atoms with Crippen LogP contribution in [0.4, 0.5) is 0 Å². The Kier molecular flexibility index (Phi) is 6.53. The van der Waals surface area contributed by atoms with E-state index in [9.17, 15) is 0 Å². The van der Waals surface area contributed by atoms with Gasteiger partial charge in [0.15, 0.2) is 0 Å². The molecule has 0 saturated heterocycles. The summed E-state index contributed by atoms with van der Waals surface area (Å²) >= 11 is 3.47. The fraction of sp³-hybridized carbons (Fsp3) is 0.467. The molecule has 0 heterocycles. The first-order valence-electron chi connectivity index (χ1n) is 6.26. The molecule has 1 nitrogen and oxygen atoms in total. The molecule has 1 aromatic rings. The minimum absolute atomic E-state index is 0.613. The van der Waals surface area contributed by atoms with Gasteiger partial charge in [0.2, 0.25) is 0 Å². The molecule has 1 unspecified atom stereocenters. The van der Waals surface area contributed by atoms with E-state index in [4.69, 9.17) is 0 Å². The Balaban J connectivity index is 2.65. The Morgan fingerprint density at radius 2 is 2.00 bits per heavy atom. The van der Waals surface area contributed by atoms with Gasteiger partial charge in [0.1, 0.15) is 0 Å². The molecule has 0 bridgehead atoms. The van der Waals surface area contributed by atoms with E-state index in [-0.39, 0.29) is 0 Å². The van der Waals surface area contributed by atoms with Crippen LogP contribution in [-0.2, 0) is 6.54 Å². The SMILES string of the molecule is C=CCN(Cc1ccc(Br)cc1)C(C)CCC. The zero-order valence-electron chi connectivity index (χ0n) is 10.8. The molecule has 0 amide bonds. The number of rotatable bonds is 7. The topological polar surface area (TPSA) is 3.24 Å². The second-order valence-electron chi connectivity index (χ2n) is 4.48. The van der Waals surface area contributed by atoms with Gasteiger partial charge in [-0.3, -0.25) is 4.90 Å². The van der Waals surface area contributed by atoms with E-state index in [0.717, 1.165) is 17.6 Å². The highest BCUT2D eigenvalue weighted by atomic mass is 79.9. The average Bonchev–Trinajstić information content (AvgIpc) is 2.31. The molecule has 0 radical (unpaired) electrons. The molecule has 0 spiro atoms. The molecular weight excluding hydrogens is 274 g/mol. The van der Waals surface area contributed by atoms with Gasteiger partial charge in [-0.2, -0.15) is 0 Å². The van der Waals surface area contributed by atoms with Crippen molar-refractivity contribution in [3.63, 3.8) is 0 Å². The number of hydrogen-bond acceptors (Lipinski definition) is 1. The Hall–Kier alpha value is -0.600. The quantitative estimate of drug-likeness (QED) is 0.663. The monoisotopic (exact) mass is 295 g/mol. The molecule has 0 saturated carbocycles. The maximum atomic E-state index is 3.85. The van der Waals surface area contributed by atoms with Crippen molar-refractivity contribution in [2.24, 2.45) is 0 Å². The second kappa shape index (κ2) is 7.67. The van der Waals surface area contributed by atoms with Crippen molar-refractivity contribution in [2.75, 3.05) is 6.54 Å². The summed E-state index contributed by atoms with van der Waals surface area (Å²) in [5.41, 5.74) is 1.36. The van der Waals surface area contributed by atoms with E-state index in [0.29, 0.717) is 6.04 Å². The maximum Gasteiger partial charge on any atom is 0.0239 e. The van der Waals surface area contributed by atoms with E-state index >= 15 is 0 Å². The normalized spacial score (nSPS) is 12.7. The van der Waals surface area contributed by atoms with Crippen LogP contribution < -0.4 is 0 Å². The first-order valence-corrected chi connectivity index (χ1v) is 7.06. The van der Waals surface area contributed by atoms with Gasteiger partial charge >= 0.3 is 0 Å². The van der Waals surface area contributed by atoms with Crippen LogP contribution in [-0.4, -0.2) is 17.5 Å². The zero-order chi connectivity index (χ0) is 12.7. The average molecular weight is 296 g/mol. The smallest absolute Gasteiger partial charge is 0.0239 e. The van der Waals surface area contributed by atoms with Crippen LogP contribution in [0.2, 0.25) is 0 Å². The molecular formula is C15H22BrN. The van der Waals surface area contributed by atoms with Crippen LogP contribution in [0.1, 0.15) is 32.3 Å². The fourth-order valence-corrected chi connectivity index (χ4v) is 2.26. The van der Waals surface area contributed by atoms with Crippen molar-refractivity contribution in [1.29, 1.82) is 0 Å². The van der Waals surface area contributed by atoms with Gasteiger partial charge in [0.05, 0.1) is 0 Å². The Bertz CT molecular complexity index is 331. The van der Waals surface area contributed by atoms with E-state index in [1.54, 1.807) is 0 Å². The van der Waals surface area contributed by atoms with Gasteiger partial charge < -0.3 is 0 Å². The highest BCUT2D eigenvalue weighted by Crippen LogP contribution is 2.15. The third kappa shape index (κ3) is 5.05. The van der Waals surface area contributed by atoms with Crippen LogP contribution in [0.15, 0.2) is 41.4 Å². The summed E-state index contributed by atoms with van der Waals surface area (Å²) in [4.78, 5) is 2.47. The summed E-state index contributed by atoms with van der Waals surface area (Å²) in [6.45, 7) is 10.3. The highest BCUT2D eigenvalue weighted by molar-refractivity contribution is 9.10. The minimum Gasteiger partial charge on any atom is -0.293 e. The summed E-state index contributed by atoms with van der Waals surface area (Å²) < 4.78 is 1.14. The van der Waals surface area contributed by atoms with E-state index in [1.807, 2.05) is 6.08 Å². The first kappa shape index (κ1) is 14.5. The standard InChI is InChI=1S/C15H22BrN/c1-4-6-13(3)17(11-5-2)12-14-7-9-15(16)10-8-14/h5,7-10,13H,2,4,6,11-12H2,1,3H3. The number of hydrogen-bond donors (Lipinski definition) is 0. The van der Waals surface area contributed by atoms with Gasteiger partial charge in [-0.1, -0.05) is 47.5 Å². The molecule has 0 aliphatic carbocycles. The predicted octanol–water partition coefficient (Wildman–Crippen LogP) is 4.63. The maximum absolute atomic E-state index is 3.85. The van der Waals surface area contributed by atoms with Crippen molar-refractivity contribution in [3.8, 4) is 0 Å². The van der Waals surface area contributed by atoms with Crippen molar-refractivity contribution >= 4 is 15.9 Å². The lowest BCUT2D eigenvalue weighted by Gasteiger charge is -2.27. The molecule has 0 N–H and O–H groups in total. The first-order chi connectivity index (χ1) is 8.17. The molecule has 2 heteroatoms. The van der Waals surface area contributed by atoms with Crippen molar-refractivity contribution in [2.45, 2.75) is 39.3 Å². The molecule has 0 aromatic heterocycles. The lowest BCUT2D eigenvalue weighted by molar-refractivity contribution is 0.211. The number of halogens is 1. The highest BCUT2D eigenvalue weighted by Gasteiger charge is 2.11. The molecule has 0 aliphatic rings. The third-order valence-corrected chi connectivity index (χ3v) is 3.52. The summed E-state index contributed by atoms with van der Waals surface area (Å²) in [7, 11) is 0. The molecule has 1 aromatic carbocycles. The van der Waals surface area contributed by atoms with Gasteiger partial charge in [-0.15, -0.1) is 6.58 Å². The lowest BCUT2D eigenvalue weighted by Crippen LogP contribution is -2.32. The van der Waals surface area contributed by atoms with Crippen molar-refractivity contribution < 1.29 is 0 Å². The third-order valence-electron chi connectivity index (χ3n) is 2.99.